The van der Waals surface area contributed by atoms with Crippen molar-refractivity contribution in [3.05, 3.63) is 30.3 Å². The van der Waals surface area contributed by atoms with Gasteiger partial charge in [-0.1, -0.05) is 22.6 Å². The first-order valence-electron chi connectivity index (χ1n) is 4.39. The van der Waals surface area contributed by atoms with Crippen molar-refractivity contribution in [1.82, 2.24) is 0 Å². The van der Waals surface area contributed by atoms with Crippen LogP contribution in [-0.2, 0) is 15.3 Å². The fourth-order valence-electron chi connectivity index (χ4n) is 0.805. The van der Waals surface area contributed by atoms with Gasteiger partial charge in [-0.2, -0.15) is 8.42 Å². The first-order chi connectivity index (χ1) is 7.91. The minimum atomic E-state index is -2.57. The second-order valence-electron chi connectivity index (χ2n) is 2.74. The fourth-order valence-corrected chi connectivity index (χ4v) is 0.966. The Kier molecular flexibility index (Phi) is 6.95. The molecule has 1 aromatic carbocycles. The maximum absolute atomic E-state index is 10.5. The Morgan fingerprint density at radius 3 is 2.18 bits per heavy atom. The first kappa shape index (κ1) is 14.8. The molecule has 0 spiro atoms. The van der Waals surface area contributed by atoms with Gasteiger partial charge in [-0.3, -0.25) is 10.2 Å². The second-order valence-corrected chi connectivity index (χ2v) is 3.36. The lowest BCUT2D eigenvalue weighted by Gasteiger charge is -1.98. The Morgan fingerprint density at radius 2 is 1.88 bits per heavy atom. The maximum Gasteiger partial charge on any atom is 0.319 e. The molecule has 1 amide bonds. The van der Waals surface area contributed by atoms with Crippen molar-refractivity contribution < 1.29 is 13.2 Å². The van der Waals surface area contributed by atoms with Gasteiger partial charge in [0.2, 0.25) is 11.9 Å². The number of para-hydroxylation sites is 1. The molecule has 1 rings (SSSR count). The number of rotatable bonds is 1. The number of carbonyl (C=O) groups is 1. The number of hydrogen-bond donors (Lipinski definition) is 3. The van der Waals surface area contributed by atoms with Gasteiger partial charge in [0.05, 0.1) is 0 Å². The quantitative estimate of drug-likeness (QED) is 0.502. The highest BCUT2D eigenvalue weighted by atomic mass is 32.2. The summed E-state index contributed by atoms with van der Waals surface area (Å²) in [5.41, 5.74) is 5.36. The molecule has 0 aliphatic heterocycles. The van der Waals surface area contributed by atoms with Crippen LogP contribution >= 0.6 is 0 Å². The Hall–Kier alpha value is -2.22. The van der Waals surface area contributed by atoms with Crippen LogP contribution in [0, 0.1) is 5.41 Å². The molecule has 0 atom stereocenters. The van der Waals surface area contributed by atoms with Gasteiger partial charge in [0.25, 0.3) is 0 Å². The molecule has 4 N–H and O–H groups in total. The molecule has 7 nitrogen and oxygen atoms in total. The topological polar surface area (TPSA) is 125 Å². The van der Waals surface area contributed by atoms with E-state index in [1.54, 1.807) is 0 Å². The number of guanidine groups is 1. The van der Waals surface area contributed by atoms with E-state index in [2.05, 4.69) is 15.4 Å². The van der Waals surface area contributed by atoms with Gasteiger partial charge in [-0.05, 0) is 12.1 Å². The van der Waals surface area contributed by atoms with E-state index in [-0.39, 0.29) is 5.91 Å². The van der Waals surface area contributed by atoms with E-state index in [9.17, 15) is 13.2 Å². The zero-order valence-corrected chi connectivity index (χ0v) is 9.86. The molecule has 0 bridgehead atoms. The van der Waals surface area contributed by atoms with E-state index < -0.39 is 16.5 Å². The predicted molar refractivity (Wildman–Crippen MR) is 64.0 cm³/mol. The van der Waals surface area contributed by atoms with E-state index in [1.807, 2.05) is 30.3 Å². The summed E-state index contributed by atoms with van der Waals surface area (Å²) < 4.78 is 21.4. The molecule has 0 aromatic heterocycles. The third-order valence-corrected chi connectivity index (χ3v) is 1.61. The number of anilines is 1. The Labute approximate surface area is 99.9 Å². The van der Waals surface area contributed by atoms with Gasteiger partial charge < -0.3 is 11.1 Å². The van der Waals surface area contributed by atoms with E-state index in [4.69, 9.17) is 5.41 Å². The smallest absolute Gasteiger partial charge is 0.319 e. The number of benzene rings is 1. The summed E-state index contributed by atoms with van der Waals surface area (Å²) in [6, 6.07) is 9.37. The predicted octanol–water partition coefficient (Wildman–Crippen LogP) is 0.588. The van der Waals surface area contributed by atoms with Crippen molar-refractivity contribution in [3.63, 3.8) is 0 Å². The summed E-state index contributed by atoms with van der Waals surface area (Å²) in [5.74, 6) is -0.737. The summed E-state index contributed by atoms with van der Waals surface area (Å²) in [4.78, 5) is 10.5. The standard InChI is InChI=1S/C8H9NO.CH3N3O2S/c1-7(10)9-8-5-3-2-4-6-8;2-1(3)4-7(5)6/h2-6H,1H3,(H,9,10);(H3,2,3). The van der Waals surface area contributed by atoms with Crippen molar-refractivity contribution >= 4 is 28.1 Å². The lowest BCUT2D eigenvalue weighted by molar-refractivity contribution is -0.114. The van der Waals surface area contributed by atoms with Gasteiger partial charge in [-0.15, -0.1) is 0 Å². The van der Waals surface area contributed by atoms with Crippen LogP contribution in [0.3, 0.4) is 0 Å². The number of nitrogens with one attached hydrogen (secondary N) is 2. The summed E-state index contributed by atoms with van der Waals surface area (Å²) in [5, 5.41) is 8.91. The van der Waals surface area contributed by atoms with E-state index in [0.29, 0.717) is 0 Å². The Balaban J connectivity index is 0.000000325. The normalized spacial score (nSPS) is 8.29. The molecule has 0 unspecified atom stereocenters. The minimum absolute atomic E-state index is 0.0359. The first-order valence-corrected chi connectivity index (χ1v) is 5.42. The highest BCUT2D eigenvalue weighted by molar-refractivity contribution is 7.62. The highest BCUT2D eigenvalue weighted by Crippen LogP contribution is 2.03. The lowest BCUT2D eigenvalue weighted by Crippen LogP contribution is -2.04. The average Bonchev–Trinajstić information content (AvgIpc) is 2.16. The van der Waals surface area contributed by atoms with Crippen molar-refractivity contribution in [2.75, 3.05) is 5.32 Å². The van der Waals surface area contributed by atoms with Crippen molar-refractivity contribution in [2.24, 2.45) is 10.1 Å². The molecule has 0 fully saturated rings. The van der Waals surface area contributed by atoms with Crippen molar-refractivity contribution in [3.8, 4) is 0 Å². The number of nitrogens with zero attached hydrogens (tertiary/aromatic N) is 1. The van der Waals surface area contributed by atoms with Crippen LogP contribution < -0.4 is 11.1 Å². The van der Waals surface area contributed by atoms with Gasteiger partial charge >= 0.3 is 10.5 Å². The van der Waals surface area contributed by atoms with Crippen LogP contribution in [0.25, 0.3) is 0 Å². The number of nitrogens with two attached hydrogens (primary N) is 1. The second kappa shape index (κ2) is 7.99. The molecule has 0 heterocycles. The minimum Gasteiger partial charge on any atom is -0.367 e. The van der Waals surface area contributed by atoms with Crippen LogP contribution in [0.15, 0.2) is 34.7 Å². The largest absolute Gasteiger partial charge is 0.367 e. The molecule has 8 heteroatoms. The molecule has 0 saturated carbocycles. The van der Waals surface area contributed by atoms with Crippen molar-refractivity contribution in [1.29, 1.82) is 5.41 Å². The van der Waals surface area contributed by atoms with Crippen LogP contribution in [0.5, 0.6) is 0 Å². The zero-order valence-electron chi connectivity index (χ0n) is 9.04. The molecular weight excluding hydrogens is 244 g/mol. The Bertz CT molecular complexity index is 502. The average molecular weight is 256 g/mol. The van der Waals surface area contributed by atoms with Crippen LogP contribution in [-0.4, -0.2) is 20.3 Å². The summed E-state index contributed by atoms with van der Waals surface area (Å²) in [6.07, 6.45) is 0. The fraction of sp³-hybridized carbons (Fsp3) is 0.111. The van der Waals surface area contributed by atoms with Gasteiger partial charge in [0, 0.05) is 12.6 Å². The third kappa shape index (κ3) is 10.1. The van der Waals surface area contributed by atoms with E-state index >= 15 is 0 Å². The van der Waals surface area contributed by atoms with Gasteiger partial charge in [0.15, 0.2) is 0 Å². The highest BCUT2D eigenvalue weighted by Gasteiger charge is 1.90. The molecule has 0 aliphatic rings. The maximum atomic E-state index is 10.5. The Morgan fingerprint density at radius 1 is 1.35 bits per heavy atom. The third-order valence-electron chi connectivity index (χ3n) is 1.27. The van der Waals surface area contributed by atoms with Gasteiger partial charge in [-0.25, -0.2) is 0 Å². The van der Waals surface area contributed by atoms with Gasteiger partial charge in [0.1, 0.15) is 0 Å². The van der Waals surface area contributed by atoms with Crippen molar-refractivity contribution in [2.45, 2.75) is 6.92 Å². The number of amides is 1. The zero-order chi connectivity index (χ0) is 13.3. The molecule has 0 radical (unpaired) electrons. The summed E-state index contributed by atoms with van der Waals surface area (Å²) in [7, 11) is -2.57. The molecule has 92 valence electrons. The van der Waals surface area contributed by atoms with Crippen LogP contribution in [0.4, 0.5) is 5.69 Å². The monoisotopic (exact) mass is 256 g/mol. The molecule has 0 aliphatic carbocycles. The summed E-state index contributed by atoms with van der Waals surface area (Å²) in [6.45, 7) is 1.49. The number of hydrogen-bond acceptors (Lipinski definition) is 4. The summed E-state index contributed by atoms with van der Waals surface area (Å²) >= 11 is 0. The molecular formula is C9H12N4O3S. The SMILES string of the molecule is CC(=O)Nc1ccccc1.N=C(N)N=S(=O)=O. The van der Waals surface area contributed by atoms with E-state index in [1.165, 1.54) is 6.92 Å². The number of carbonyl (C=O) groups excluding carboxylic acids is 1. The van der Waals surface area contributed by atoms with Crippen LogP contribution in [0.1, 0.15) is 6.92 Å². The molecule has 1 aromatic rings. The molecule has 0 saturated heterocycles. The van der Waals surface area contributed by atoms with E-state index in [0.717, 1.165) is 5.69 Å². The lowest BCUT2D eigenvalue weighted by atomic mass is 10.3. The molecule has 17 heavy (non-hydrogen) atoms. The van der Waals surface area contributed by atoms with Crippen LogP contribution in [0.2, 0.25) is 0 Å².